The molecule has 0 radical (unpaired) electrons. The smallest absolute Gasteiger partial charge is 0.408 e. The van der Waals surface area contributed by atoms with Crippen LogP contribution in [-0.4, -0.2) is 51.2 Å². The number of nitrogens with one attached hydrogen (secondary N) is 4. The van der Waals surface area contributed by atoms with E-state index in [0.29, 0.717) is 31.0 Å². The quantitative estimate of drug-likeness (QED) is 0.0884. The minimum absolute atomic E-state index is 0.0667. The number of carbonyl (C=O) groups is 3. The lowest BCUT2D eigenvalue weighted by Crippen LogP contribution is -2.55. The summed E-state index contributed by atoms with van der Waals surface area (Å²) in [5, 5.41) is 20.8. The lowest BCUT2D eigenvalue weighted by atomic mass is 9.88. The molecule has 3 aromatic carbocycles. The zero-order chi connectivity index (χ0) is 35.9. The van der Waals surface area contributed by atoms with Gasteiger partial charge in [0, 0.05) is 18.3 Å². The number of benzene rings is 3. The van der Waals surface area contributed by atoms with Crippen LogP contribution in [0.1, 0.15) is 69.1 Å². The summed E-state index contributed by atoms with van der Waals surface area (Å²) in [5.41, 5.74) is 2.69. The first-order valence-corrected chi connectivity index (χ1v) is 17.4. The highest BCUT2D eigenvalue weighted by atomic mass is 16.5. The number of aromatic amines is 1. The summed E-state index contributed by atoms with van der Waals surface area (Å²) in [6.45, 7) is 7.91. The molecule has 0 aliphatic carbocycles. The number of imidazole rings is 1. The highest BCUT2D eigenvalue weighted by Crippen LogP contribution is 2.23. The van der Waals surface area contributed by atoms with Gasteiger partial charge in [0.1, 0.15) is 18.5 Å². The number of aliphatic hydroxyl groups excluding tert-OH is 1. The van der Waals surface area contributed by atoms with Crippen LogP contribution in [0.25, 0.3) is 0 Å². The highest BCUT2D eigenvalue weighted by Gasteiger charge is 2.33. The Bertz CT molecular complexity index is 1580. The van der Waals surface area contributed by atoms with Crippen LogP contribution in [0.15, 0.2) is 103 Å². The number of nitrogens with zero attached hydrogens (tertiary/aromatic N) is 1. The van der Waals surface area contributed by atoms with Crippen molar-refractivity contribution in [3.05, 3.63) is 126 Å². The van der Waals surface area contributed by atoms with E-state index in [0.717, 1.165) is 16.7 Å². The first-order chi connectivity index (χ1) is 24.1. The summed E-state index contributed by atoms with van der Waals surface area (Å²) in [6, 6.07) is 26.5. The van der Waals surface area contributed by atoms with Crippen LogP contribution in [0.3, 0.4) is 0 Å². The van der Waals surface area contributed by atoms with E-state index in [9.17, 15) is 19.5 Å². The van der Waals surface area contributed by atoms with E-state index in [4.69, 9.17) is 4.74 Å². The van der Waals surface area contributed by atoms with Crippen LogP contribution in [0, 0.1) is 17.8 Å². The van der Waals surface area contributed by atoms with Crippen molar-refractivity contribution in [1.29, 1.82) is 0 Å². The molecule has 0 bridgehead atoms. The third-order valence-corrected chi connectivity index (χ3v) is 8.62. The van der Waals surface area contributed by atoms with Gasteiger partial charge in [-0.1, -0.05) is 119 Å². The standard InChI is InChI=1S/C40H51N5O5/c1-27(2)22-34(37-41-20-21-42-37)44-38(47)32(23-29-14-8-5-9-15-29)25-35(46)33(24-30-16-10-6-11-17-30)43-39(48)36(28(3)4)45-40(49)50-26-31-18-12-7-13-19-31/h5-21,27-28,32-36,46H,22-26H2,1-4H3,(H,41,42)(H,43,48)(H,44,47)(H,45,49)/t32-,33+,34+,35+,36+/m1/s1. The van der Waals surface area contributed by atoms with Gasteiger partial charge in [-0.2, -0.15) is 0 Å². The van der Waals surface area contributed by atoms with Crippen molar-refractivity contribution in [3.63, 3.8) is 0 Å². The average molecular weight is 682 g/mol. The Morgan fingerprint density at radius 2 is 1.32 bits per heavy atom. The molecular formula is C40H51N5O5. The number of rotatable bonds is 18. The number of H-pyrrole nitrogens is 1. The summed E-state index contributed by atoms with van der Waals surface area (Å²) in [7, 11) is 0. The number of aliphatic hydroxyl groups is 1. The van der Waals surface area contributed by atoms with Gasteiger partial charge in [0.2, 0.25) is 11.8 Å². The van der Waals surface area contributed by atoms with Crippen molar-refractivity contribution in [1.82, 2.24) is 25.9 Å². The lowest BCUT2D eigenvalue weighted by molar-refractivity contribution is -0.127. The Morgan fingerprint density at radius 1 is 0.740 bits per heavy atom. The first kappa shape index (κ1) is 37.9. The molecule has 1 aromatic heterocycles. The molecular weight excluding hydrogens is 630 g/mol. The fourth-order valence-electron chi connectivity index (χ4n) is 5.96. The van der Waals surface area contributed by atoms with Crippen molar-refractivity contribution in [2.45, 2.75) is 84.2 Å². The molecule has 4 rings (SSSR count). The lowest BCUT2D eigenvalue weighted by Gasteiger charge is -2.30. The molecule has 10 nitrogen and oxygen atoms in total. The third kappa shape index (κ3) is 12.2. The number of hydrogen-bond acceptors (Lipinski definition) is 6. The molecule has 1 heterocycles. The summed E-state index contributed by atoms with van der Waals surface area (Å²) in [6.07, 6.45) is 3.08. The Labute approximate surface area is 295 Å². The predicted octanol–water partition coefficient (Wildman–Crippen LogP) is 5.90. The molecule has 266 valence electrons. The van der Waals surface area contributed by atoms with Gasteiger partial charge >= 0.3 is 6.09 Å². The largest absolute Gasteiger partial charge is 0.445 e. The summed E-state index contributed by atoms with van der Waals surface area (Å²) < 4.78 is 5.39. The van der Waals surface area contributed by atoms with Gasteiger partial charge in [-0.05, 0) is 54.2 Å². The number of hydrogen-bond donors (Lipinski definition) is 5. The molecule has 0 saturated heterocycles. The maximum absolute atomic E-state index is 14.0. The van der Waals surface area contributed by atoms with E-state index in [1.54, 1.807) is 12.4 Å². The molecule has 4 aromatic rings. The number of ether oxygens (including phenoxy) is 1. The summed E-state index contributed by atoms with van der Waals surface area (Å²) >= 11 is 0. The Balaban J connectivity index is 1.53. The molecule has 0 saturated carbocycles. The Hall–Kier alpha value is -4.96. The van der Waals surface area contributed by atoms with E-state index in [1.165, 1.54) is 0 Å². The van der Waals surface area contributed by atoms with Crippen LogP contribution in [0.4, 0.5) is 4.79 Å². The number of aromatic nitrogens is 2. The van der Waals surface area contributed by atoms with Crippen LogP contribution in [0.5, 0.6) is 0 Å². The number of amides is 3. The molecule has 0 spiro atoms. The van der Waals surface area contributed by atoms with Crippen LogP contribution >= 0.6 is 0 Å². The second kappa shape index (κ2) is 19.3. The van der Waals surface area contributed by atoms with Crippen molar-refractivity contribution in [2.24, 2.45) is 17.8 Å². The van der Waals surface area contributed by atoms with Crippen LogP contribution in [0.2, 0.25) is 0 Å². The minimum Gasteiger partial charge on any atom is -0.445 e. The average Bonchev–Trinajstić information content (AvgIpc) is 3.65. The van der Waals surface area contributed by atoms with E-state index < -0.39 is 36.1 Å². The normalized spacial score (nSPS) is 14.3. The fourth-order valence-corrected chi connectivity index (χ4v) is 5.96. The van der Waals surface area contributed by atoms with E-state index in [1.807, 2.05) is 105 Å². The van der Waals surface area contributed by atoms with Crippen molar-refractivity contribution >= 4 is 17.9 Å². The highest BCUT2D eigenvalue weighted by molar-refractivity contribution is 5.86. The summed E-state index contributed by atoms with van der Waals surface area (Å²) in [4.78, 5) is 48.2. The Kier molecular flexibility index (Phi) is 14.6. The van der Waals surface area contributed by atoms with Crippen molar-refractivity contribution in [3.8, 4) is 0 Å². The molecule has 50 heavy (non-hydrogen) atoms. The zero-order valence-corrected chi connectivity index (χ0v) is 29.4. The van der Waals surface area contributed by atoms with Gasteiger partial charge in [-0.25, -0.2) is 9.78 Å². The van der Waals surface area contributed by atoms with Gasteiger partial charge in [0.25, 0.3) is 0 Å². The first-order valence-electron chi connectivity index (χ1n) is 17.4. The van der Waals surface area contributed by atoms with Gasteiger partial charge in [0.05, 0.1) is 18.2 Å². The number of alkyl carbamates (subject to hydrolysis) is 1. The van der Waals surface area contributed by atoms with E-state index >= 15 is 0 Å². The van der Waals surface area contributed by atoms with Gasteiger partial charge in [-0.15, -0.1) is 0 Å². The molecule has 10 heteroatoms. The molecule has 0 unspecified atom stereocenters. The second-order valence-corrected chi connectivity index (χ2v) is 13.6. The van der Waals surface area contributed by atoms with Gasteiger partial charge in [-0.3, -0.25) is 9.59 Å². The van der Waals surface area contributed by atoms with E-state index in [2.05, 4.69) is 39.8 Å². The van der Waals surface area contributed by atoms with Gasteiger partial charge < -0.3 is 30.8 Å². The number of carbonyl (C=O) groups excluding carboxylic acids is 3. The van der Waals surface area contributed by atoms with Crippen molar-refractivity contribution in [2.75, 3.05) is 0 Å². The molecule has 5 N–H and O–H groups in total. The molecule has 0 fully saturated rings. The SMILES string of the molecule is CC(C)C[C@H](NC(=O)[C@H](Cc1ccccc1)C[C@H](O)[C@H](Cc1ccccc1)NC(=O)[C@@H](NC(=O)OCc1ccccc1)C(C)C)c1ncc[nH]1. The predicted molar refractivity (Wildman–Crippen MR) is 194 cm³/mol. The topological polar surface area (TPSA) is 145 Å². The maximum atomic E-state index is 14.0. The monoisotopic (exact) mass is 681 g/mol. The summed E-state index contributed by atoms with van der Waals surface area (Å²) in [5.74, 6) is -0.566. The zero-order valence-electron chi connectivity index (χ0n) is 29.4. The van der Waals surface area contributed by atoms with Crippen LogP contribution in [-0.2, 0) is 33.8 Å². The Morgan fingerprint density at radius 3 is 1.86 bits per heavy atom. The van der Waals surface area contributed by atoms with Crippen LogP contribution < -0.4 is 16.0 Å². The molecule has 0 aliphatic rings. The minimum atomic E-state index is -1.09. The fraction of sp³-hybridized carbons (Fsp3) is 0.400. The van der Waals surface area contributed by atoms with E-state index in [-0.39, 0.29) is 30.9 Å². The molecule has 5 atom stereocenters. The third-order valence-electron chi connectivity index (χ3n) is 8.62. The molecule has 3 amide bonds. The molecule has 0 aliphatic heterocycles. The second-order valence-electron chi connectivity index (χ2n) is 13.6. The van der Waals surface area contributed by atoms with Crippen molar-refractivity contribution < 1.29 is 24.2 Å². The van der Waals surface area contributed by atoms with Gasteiger partial charge in [0.15, 0.2) is 0 Å². The maximum Gasteiger partial charge on any atom is 0.408 e.